The summed E-state index contributed by atoms with van der Waals surface area (Å²) in [5.74, 6) is 0. The van der Waals surface area contributed by atoms with Crippen molar-refractivity contribution in [1.29, 1.82) is 0 Å². The molecule has 0 aromatic carbocycles. The first kappa shape index (κ1) is 13.6. The highest BCUT2D eigenvalue weighted by Crippen LogP contribution is 2.00. The van der Waals surface area contributed by atoms with Crippen LogP contribution in [0.5, 0.6) is 0 Å². The molecule has 0 amide bonds. The number of hydrogen-bond donors (Lipinski definition) is 1. The van der Waals surface area contributed by atoms with E-state index in [1.165, 1.54) is 0 Å². The van der Waals surface area contributed by atoms with E-state index in [0.717, 1.165) is 11.7 Å². The van der Waals surface area contributed by atoms with Crippen molar-refractivity contribution < 1.29 is 9.47 Å². The van der Waals surface area contributed by atoms with Gasteiger partial charge in [-0.15, -0.1) is 0 Å². The molecule has 0 aromatic heterocycles. The molecule has 0 radical (unpaired) electrons. The lowest BCUT2D eigenvalue weighted by Crippen LogP contribution is -2.46. The van der Waals surface area contributed by atoms with Gasteiger partial charge in [-0.25, -0.2) is 0 Å². The van der Waals surface area contributed by atoms with Gasteiger partial charge in [0.1, 0.15) is 0 Å². The van der Waals surface area contributed by atoms with Crippen LogP contribution in [0.2, 0.25) is 0 Å². The summed E-state index contributed by atoms with van der Waals surface area (Å²) >= 11 is 5.18. The lowest BCUT2D eigenvalue weighted by Gasteiger charge is -2.30. The predicted molar refractivity (Wildman–Crippen MR) is 61.6 cm³/mol. The largest absolute Gasteiger partial charge is 0.383 e. The monoisotopic (exact) mass is 220 g/mol. The zero-order valence-corrected chi connectivity index (χ0v) is 10.2. The van der Waals surface area contributed by atoms with Gasteiger partial charge < -0.3 is 19.7 Å². The minimum Gasteiger partial charge on any atom is -0.383 e. The van der Waals surface area contributed by atoms with E-state index in [1.807, 2.05) is 7.05 Å². The first-order valence-corrected chi connectivity index (χ1v) is 5.04. The number of ether oxygens (including phenoxy) is 2. The van der Waals surface area contributed by atoms with E-state index in [4.69, 9.17) is 21.7 Å². The second-order valence-corrected chi connectivity index (χ2v) is 3.43. The van der Waals surface area contributed by atoms with E-state index in [-0.39, 0.29) is 6.04 Å². The van der Waals surface area contributed by atoms with Gasteiger partial charge in [0.05, 0.1) is 19.3 Å². The van der Waals surface area contributed by atoms with E-state index in [9.17, 15) is 0 Å². The molecule has 0 saturated carbocycles. The van der Waals surface area contributed by atoms with Gasteiger partial charge in [-0.3, -0.25) is 0 Å². The van der Waals surface area contributed by atoms with Crippen molar-refractivity contribution in [2.75, 3.05) is 41.0 Å². The van der Waals surface area contributed by atoms with E-state index in [2.05, 4.69) is 17.1 Å². The van der Waals surface area contributed by atoms with Crippen LogP contribution < -0.4 is 5.32 Å². The number of methoxy groups -OCH3 is 2. The van der Waals surface area contributed by atoms with Gasteiger partial charge in [-0.1, -0.05) is 0 Å². The summed E-state index contributed by atoms with van der Waals surface area (Å²) in [6.45, 7) is 4.17. The van der Waals surface area contributed by atoms with Crippen molar-refractivity contribution in [2.45, 2.75) is 13.0 Å². The fourth-order valence-electron chi connectivity index (χ4n) is 1.19. The minimum absolute atomic E-state index is 0.259. The molecule has 5 heteroatoms. The minimum atomic E-state index is 0.259. The van der Waals surface area contributed by atoms with Gasteiger partial charge in [-0.05, 0) is 19.1 Å². The summed E-state index contributed by atoms with van der Waals surface area (Å²) in [6.07, 6.45) is 0. The summed E-state index contributed by atoms with van der Waals surface area (Å²) in [5, 5.41) is 3.69. The second-order valence-electron chi connectivity index (χ2n) is 3.05. The Hall–Kier alpha value is -0.390. The molecule has 84 valence electrons. The molecule has 0 aliphatic carbocycles. The van der Waals surface area contributed by atoms with Crippen molar-refractivity contribution in [2.24, 2.45) is 0 Å². The molecule has 0 bridgehead atoms. The van der Waals surface area contributed by atoms with Crippen LogP contribution in [-0.4, -0.2) is 57.1 Å². The van der Waals surface area contributed by atoms with Gasteiger partial charge in [0.15, 0.2) is 5.11 Å². The van der Waals surface area contributed by atoms with Crippen molar-refractivity contribution in [3.05, 3.63) is 0 Å². The molecule has 0 aliphatic heterocycles. The van der Waals surface area contributed by atoms with Gasteiger partial charge in [0, 0.05) is 27.8 Å². The maximum atomic E-state index is 5.18. The molecule has 14 heavy (non-hydrogen) atoms. The Labute approximate surface area is 91.6 Å². The molecule has 4 nitrogen and oxygen atoms in total. The molecule has 0 heterocycles. The van der Waals surface area contributed by atoms with Crippen LogP contribution in [0.4, 0.5) is 0 Å². The zero-order chi connectivity index (χ0) is 11.0. The first-order valence-electron chi connectivity index (χ1n) is 4.63. The van der Waals surface area contributed by atoms with Crippen LogP contribution in [0.25, 0.3) is 0 Å². The summed E-state index contributed by atoms with van der Waals surface area (Å²) in [4.78, 5) is 2.06. The van der Waals surface area contributed by atoms with Crippen LogP contribution in [0, 0.1) is 0 Å². The molecule has 1 unspecified atom stereocenters. The highest BCUT2D eigenvalue weighted by Gasteiger charge is 2.15. The third-order valence-corrected chi connectivity index (χ3v) is 2.39. The number of rotatable bonds is 6. The van der Waals surface area contributed by atoms with Gasteiger partial charge in [0.25, 0.3) is 0 Å². The van der Waals surface area contributed by atoms with Gasteiger partial charge in [-0.2, -0.15) is 0 Å². The average molecular weight is 220 g/mol. The maximum Gasteiger partial charge on any atom is 0.169 e. The zero-order valence-electron chi connectivity index (χ0n) is 9.37. The molecule has 0 aromatic rings. The number of nitrogens with one attached hydrogen (secondary N) is 1. The van der Waals surface area contributed by atoms with Crippen LogP contribution in [0.3, 0.4) is 0 Å². The van der Waals surface area contributed by atoms with Gasteiger partial charge in [0.2, 0.25) is 0 Å². The molecular weight excluding hydrogens is 200 g/mol. The standard InChI is InChI=1S/C9H20N2O2S/c1-8(7-13-4)11(5-6-12-3)9(14)10-2/h8H,5-7H2,1-4H3,(H,10,14). The van der Waals surface area contributed by atoms with Gasteiger partial charge >= 0.3 is 0 Å². The van der Waals surface area contributed by atoms with E-state index < -0.39 is 0 Å². The van der Waals surface area contributed by atoms with Crippen molar-refractivity contribution >= 4 is 17.3 Å². The third kappa shape index (κ3) is 4.74. The van der Waals surface area contributed by atoms with Crippen LogP contribution in [0.15, 0.2) is 0 Å². The summed E-state index contributed by atoms with van der Waals surface area (Å²) in [5.41, 5.74) is 0. The van der Waals surface area contributed by atoms with Crippen LogP contribution in [-0.2, 0) is 9.47 Å². The smallest absolute Gasteiger partial charge is 0.169 e. The highest BCUT2D eigenvalue weighted by atomic mass is 32.1. The van der Waals surface area contributed by atoms with Crippen LogP contribution >= 0.6 is 12.2 Å². The molecule has 0 aliphatic rings. The molecule has 0 rings (SSSR count). The fraction of sp³-hybridized carbons (Fsp3) is 0.889. The number of hydrogen-bond acceptors (Lipinski definition) is 3. The summed E-state index contributed by atoms with van der Waals surface area (Å²) in [7, 11) is 5.19. The van der Waals surface area contributed by atoms with Crippen LogP contribution in [0.1, 0.15) is 6.92 Å². The predicted octanol–water partition coefficient (Wildman–Crippen LogP) is 0.474. The molecule has 1 atom stereocenters. The number of nitrogens with zero attached hydrogens (tertiary/aromatic N) is 1. The molecule has 0 spiro atoms. The average Bonchev–Trinajstić information content (AvgIpc) is 2.18. The number of thiocarbonyl (C=S) groups is 1. The Balaban J connectivity index is 4.14. The lowest BCUT2D eigenvalue weighted by molar-refractivity contribution is 0.113. The summed E-state index contributed by atoms with van der Waals surface area (Å²) in [6, 6.07) is 0.259. The van der Waals surface area contributed by atoms with E-state index >= 15 is 0 Å². The Kier molecular flexibility index (Phi) is 7.74. The van der Waals surface area contributed by atoms with Crippen molar-refractivity contribution in [1.82, 2.24) is 10.2 Å². The Bertz CT molecular complexity index is 167. The molecular formula is C9H20N2O2S. The SMILES string of the molecule is CNC(=S)N(CCOC)C(C)COC. The molecule has 0 saturated heterocycles. The third-order valence-electron chi connectivity index (χ3n) is 1.95. The first-order chi connectivity index (χ1) is 6.67. The Morgan fingerprint density at radius 1 is 1.43 bits per heavy atom. The highest BCUT2D eigenvalue weighted by molar-refractivity contribution is 7.80. The van der Waals surface area contributed by atoms with Crippen molar-refractivity contribution in [3.8, 4) is 0 Å². The lowest BCUT2D eigenvalue weighted by atomic mass is 10.3. The molecule has 1 N–H and O–H groups in total. The second kappa shape index (κ2) is 7.96. The maximum absolute atomic E-state index is 5.18. The van der Waals surface area contributed by atoms with E-state index in [0.29, 0.717) is 13.2 Å². The Morgan fingerprint density at radius 2 is 2.07 bits per heavy atom. The molecule has 0 fully saturated rings. The topological polar surface area (TPSA) is 33.7 Å². The van der Waals surface area contributed by atoms with Crippen molar-refractivity contribution in [3.63, 3.8) is 0 Å². The quantitative estimate of drug-likeness (QED) is 0.658. The normalized spacial score (nSPS) is 12.3. The van der Waals surface area contributed by atoms with E-state index in [1.54, 1.807) is 14.2 Å². The Morgan fingerprint density at radius 3 is 2.50 bits per heavy atom. The fourth-order valence-corrected chi connectivity index (χ4v) is 1.46. The summed E-state index contributed by atoms with van der Waals surface area (Å²) < 4.78 is 10.1.